The molecule has 0 aliphatic rings. The second kappa shape index (κ2) is 6.86. The average molecular weight is 251 g/mol. The number of anilines is 2. The number of rotatable bonds is 6. The van der Waals surface area contributed by atoms with Crippen molar-refractivity contribution in [3.05, 3.63) is 24.3 Å². The topological polar surface area (TPSA) is 67.6 Å². The van der Waals surface area contributed by atoms with Gasteiger partial charge in [-0.25, -0.2) is 0 Å². The van der Waals surface area contributed by atoms with Crippen LogP contribution in [0, 0.1) is 0 Å². The highest BCUT2D eigenvalue weighted by Crippen LogP contribution is 2.15. The number of nitrogen functional groups attached to an aromatic ring is 1. The number of amides is 1. The average Bonchev–Trinajstić information content (AvgIpc) is 2.28. The molecule has 18 heavy (non-hydrogen) atoms. The van der Waals surface area contributed by atoms with Crippen LogP contribution in [0.4, 0.5) is 11.4 Å². The van der Waals surface area contributed by atoms with Gasteiger partial charge in [0.05, 0.1) is 13.2 Å². The van der Waals surface area contributed by atoms with E-state index in [1.54, 1.807) is 7.11 Å². The summed E-state index contributed by atoms with van der Waals surface area (Å²) in [6, 6.07) is 7.45. The van der Waals surface area contributed by atoms with Gasteiger partial charge in [0.1, 0.15) is 0 Å². The van der Waals surface area contributed by atoms with Crippen molar-refractivity contribution in [1.29, 1.82) is 0 Å². The first-order chi connectivity index (χ1) is 8.52. The zero-order valence-electron chi connectivity index (χ0n) is 11.1. The first-order valence-corrected chi connectivity index (χ1v) is 5.88. The highest BCUT2D eigenvalue weighted by atomic mass is 16.5. The molecular formula is C13H21N3O2. The van der Waals surface area contributed by atoms with Crippen molar-refractivity contribution in [3.8, 4) is 0 Å². The van der Waals surface area contributed by atoms with E-state index in [0.717, 1.165) is 5.69 Å². The molecule has 0 aliphatic heterocycles. The number of methoxy groups -OCH3 is 1. The molecule has 1 aromatic rings. The van der Waals surface area contributed by atoms with E-state index in [1.165, 1.54) is 0 Å². The summed E-state index contributed by atoms with van der Waals surface area (Å²) in [5, 5.41) is 2.86. The maximum absolute atomic E-state index is 11.8. The molecule has 5 nitrogen and oxygen atoms in total. The summed E-state index contributed by atoms with van der Waals surface area (Å²) in [4.78, 5) is 13.6. The van der Waals surface area contributed by atoms with Gasteiger partial charge in [-0.1, -0.05) is 6.07 Å². The molecule has 0 saturated heterocycles. The molecule has 100 valence electrons. The van der Waals surface area contributed by atoms with Gasteiger partial charge in [0.25, 0.3) is 0 Å². The van der Waals surface area contributed by atoms with Crippen LogP contribution in [0.25, 0.3) is 0 Å². The Labute approximate surface area is 108 Å². The lowest BCUT2D eigenvalue weighted by molar-refractivity contribution is -0.120. The van der Waals surface area contributed by atoms with Crippen molar-refractivity contribution in [2.45, 2.75) is 13.0 Å². The van der Waals surface area contributed by atoms with Crippen molar-refractivity contribution < 1.29 is 9.53 Å². The molecule has 0 radical (unpaired) electrons. The predicted octanol–water partition coefficient (Wildman–Crippen LogP) is 0.856. The molecule has 0 aliphatic carbocycles. The van der Waals surface area contributed by atoms with Gasteiger partial charge in [-0.2, -0.15) is 0 Å². The lowest BCUT2D eigenvalue weighted by Gasteiger charge is -2.20. The largest absolute Gasteiger partial charge is 0.399 e. The van der Waals surface area contributed by atoms with Gasteiger partial charge in [-0.3, -0.25) is 4.79 Å². The molecule has 1 aromatic carbocycles. The fraction of sp³-hybridized carbons (Fsp3) is 0.462. The Hall–Kier alpha value is -1.75. The first-order valence-electron chi connectivity index (χ1n) is 5.88. The number of likely N-dealkylation sites (N-methyl/N-ethyl adjacent to an activating group) is 1. The van der Waals surface area contributed by atoms with E-state index in [0.29, 0.717) is 12.3 Å². The number of hydrogen-bond acceptors (Lipinski definition) is 4. The molecule has 0 saturated carbocycles. The Morgan fingerprint density at radius 3 is 2.89 bits per heavy atom. The van der Waals surface area contributed by atoms with E-state index < -0.39 is 0 Å². The second-order valence-corrected chi connectivity index (χ2v) is 4.37. The summed E-state index contributed by atoms with van der Waals surface area (Å²) in [6.07, 6.45) is 0. The molecule has 3 N–H and O–H groups in total. The number of nitrogens with zero attached hydrogens (tertiary/aromatic N) is 1. The normalized spacial score (nSPS) is 11.9. The maximum atomic E-state index is 11.8. The minimum Gasteiger partial charge on any atom is -0.399 e. The number of hydrogen-bond donors (Lipinski definition) is 2. The minimum atomic E-state index is -0.0375. The summed E-state index contributed by atoms with van der Waals surface area (Å²) < 4.78 is 4.96. The third-order valence-electron chi connectivity index (χ3n) is 2.52. The SMILES string of the molecule is COCC(C)NC(=O)CN(C)c1cccc(N)c1. The van der Waals surface area contributed by atoms with Crippen LogP contribution in [-0.4, -0.2) is 39.3 Å². The van der Waals surface area contributed by atoms with Crippen LogP contribution < -0.4 is 16.0 Å². The smallest absolute Gasteiger partial charge is 0.239 e. The summed E-state index contributed by atoms with van der Waals surface area (Å²) in [5.41, 5.74) is 7.31. The van der Waals surface area contributed by atoms with E-state index in [4.69, 9.17) is 10.5 Å². The summed E-state index contributed by atoms with van der Waals surface area (Å²) in [6.45, 7) is 2.70. The zero-order chi connectivity index (χ0) is 13.5. The van der Waals surface area contributed by atoms with Gasteiger partial charge in [0.15, 0.2) is 0 Å². The van der Waals surface area contributed by atoms with Gasteiger partial charge in [0.2, 0.25) is 5.91 Å². The molecule has 5 heteroatoms. The molecule has 1 amide bonds. The molecule has 0 aromatic heterocycles. The Balaban J connectivity index is 2.49. The summed E-state index contributed by atoms with van der Waals surface area (Å²) in [5.74, 6) is -0.0375. The summed E-state index contributed by atoms with van der Waals surface area (Å²) in [7, 11) is 3.47. The van der Waals surface area contributed by atoms with Gasteiger partial charge < -0.3 is 20.7 Å². The Kier molecular flexibility index (Phi) is 5.45. The number of carbonyl (C=O) groups excluding carboxylic acids is 1. The molecule has 1 unspecified atom stereocenters. The van der Waals surface area contributed by atoms with Gasteiger partial charge in [-0.15, -0.1) is 0 Å². The van der Waals surface area contributed by atoms with Crippen molar-refractivity contribution in [1.82, 2.24) is 5.32 Å². The number of benzene rings is 1. The van der Waals surface area contributed by atoms with E-state index in [-0.39, 0.29) is 18.5 Å². The molecule has 0 heterocycles. The highest BCUT2D eigenvalue weighted by Gasteiger charge is 2.10. The van der Waals surface area contributed by atoms with Gasteiger partial charge >= 0.3 is 0 Å². The molecule has 0 spiro atoms. The van der Waals surface area contributed by atoms with Crippen molar-refractivity contribution in [3.63, 3.8) is 0 Å². The molecule has 1 rings (SSSR count). The second-order valence-electron chi connectivity index (χ2n) is 4.37. The number of ether oxygens (including phenoxy) is 1. The van der Waals surface area contributed by atoms with Gasteiger partial charge in [0, 0.05) is 31.6 Å². The van der Waals surface area contributed by atoms with Crippen LogP contribution >= 0.6 is 0 Å². The Morgan fingerprint density at radius 1 is 1.56 bits per heavy atom. The fourth-order valence-corrected chi connectivity index (χ4v) is 1.68. The Bertz CT molecular complexity index is 396. The van der Waals surface area contributed by atoms with Crippen LogP contribution in [0.3, 0.4) is 0 Å². The maximum Gasteiger partial charge on any atom is 0.239 e. The Morgan fingerprint density at radius 2 is 2.28 bits per heavy atom. The van der Waals surface area contributed by atoms with E-state index in [9.17, 15) is 4.79 Å². The lowest BCUT2D eigenvalue weighted by atomic mass is 10.2. The van der Waals surface area contributed by atoms with Crippen LogP contribution in [0.1, 0.15) is 6.92 Å². The lowest BCUT2D eigenvalue weighted by Crippen LogP contribution is -2.41. The molecular weight excluding hydrogens is 230 g/mol. The van der Waals surface area contributed by atoms with Crippen LogP contribution in [0.15, 0.2) is 24.3 Å². The third-order valence-corrected chi connectivity index (χ3v) is 2.52. The van der Waals surface area contributed by atoms with E-state index in [1.807, 2.05) is 43.1 Å². The number of nitrogens with two attached hydrogens (primary N) is 1. The van der Waals surface area contributed by atoms with Crippen molar-refractivity contribution >= 4 is 17.3 Å². The quantitative estimate of drug-likeness (QED) is 0.736. The van der Waals surface area contributed by atoms with Crippen LogP contribution in [0.2, 0.25) is 0 Å². The standard InChI is InChI=1S/C13H21N3O2/c1-10(9-18-3)15-13(17)8-16(2)12-6-4-5-11(14)7-12/h4-7,10H,8-9,14H2,1-3H3,(H,15,17). The number of carbonyl (C=O) groups is 1. The van der Waals surface area contributed by atoms with Crippen LogP contribution in [-0.2, 0) is 9.53 Å². The van der Waals surface area contributed by atoms with Crippen LogP contribution in [0.5, 0.6) is 0 Å². The van der Waals surface area contributed by atoms with Crippen molar-refractivity contribution in [2.75, 3.05) is 37.9 Å². The van der Waals surface area contributed by atoms with Crippen molar-refractivity contribution in [2.24, 2.45) is 0 Å². The molecule has 1 atom stereocenters. The highest BCUT2D eigenvalue weighted by molar-refractivity contribution is 5.81. The fourth-order valence-electron chi connectivity index (χ4n) is 1.68. The predicted molar refractivity (Wildman–Crippen MR) is 73.6 cm³/mol. The zero-order valence-corrected chi connectivity index (χ0v) is 11.1. The molecule has 0 fully saturated rings. The van der Waals surface area contributed by atoms with E-state index in [2.05, 4.69) is 5.32 Å². The number of nitrogens with one attached hydrogen (secondary N) is 1. The molecule has 0 bridgehead atoms. The summed E-state index contributed by atoms with van der Waals surface area (Å²) >= 11 is 0. The minimum absolute atomic E-state index is 0.0109. The van der Waals surface area contributed by atoms with E-state index >= 15 is 0 Å². The third kappa shape index (κ3) is 4.63. The monoisotopic (exact) mass is 251 g/mol. The van der Waals surface area contributed by atoms with Gasteiger partial charge in [-0.05, 0) is 25.1 Å². The first kappa shape index (κ1) is 14.3.